The third-order valence-corrected chi connectivity index (χ3v) is 7.38. The van der Waals surface area contributed by atoms with Crippen LogP contribution in [0.4, 0.5) is 0 Å². The van der Waals surface area contributed by atoms with E-state index in [0.29, 0.717) is 14.6 Å². The maximum Gasteiger partial charge on any atom is 0.241 e. The second-order valence-electron chi connectivity index (χ2n) is 6.29. The number of rotatable bonds is 4. The lowest BCUT2D eigenvalue weighted by Crippen LogP contribution is -2.30. The molecule has 1 saturated carbocycles. The Balaban J connectivity index is 2.27. The summed E-state index contributed by atoms with van der Waals surface area (Å²) in [6.45, 7) is 9.92. The van der Waals surface area contributed by atoms with Gasteiger partial charge in [0.25, 0.3) is 0 Å². The van der Waals surface area contributed by atoms with Crippen molar-refractivity contribution < 1.29 is 13.5 Å². The van der Waals surface area contributed by atoms with Crippen LogP contribution in [0, 0.1) is 17.8 Å². The largest absolute Gasteiger partial charge is 0.391 e. The highest BCUT2D eigenvalue weighted by Crippen LogP contribution is 2.63. The summed E-state index contributed by atoms with van der Waals surface area (Å²) in [7, 11) is -3.51. The molecule has 6 heteroatoms. The molecule has 0 spiro atoms. The van der Waals surface area contributed by atoms with Crippen molar-refractivity contribution in [3.63, 3.8) is 0 Å². The Morgan fingerprint density at radius 2 is 1.84 bits per heavy atom. The van der Waals surface area contributed by atoms with Gasteiger partial charge in [-0.2, -0.15) is 0 Å². The van der Waals surface area contributed by atoms with Crippen molar-refractivity contribution in [3.05, 3.63) is 15.8 Å². The molecular formula is C13H21NO3S2. The van der Waals surface area contributed by atoms with Gasteiger partial charge in [0.05, 0.1) is 11.5 Å². The smallest absolute Gasteiger partial charge is 0.241 e. The van der Waals surface area contributed by atoms with E-state index in [2.05, 4.69) is 32.4 Å². The molecule has 108 valence electrons. The van der Waals surface area contributed by atoms with Crippen molar-refractivity contribution in [2.75, 3.05) is 0 Å². The summed E-state index contributed by atoms with van der Waals surface area (Å²) >= 11 is 1.32. The molecule has 0 aromatic carbocycles. The number of aliphatic hydroxyl groups excluding tert-OH is 1. The SMILES string of the molecule is Cc1sc(CO)cc1S(=O)(=O)NC1C(C)(C)C1(C)C. The zero-order valence-electron chi connectivity index (χ0n) is 11.9. The van der Waals surface area contributed by atoms with Crippen molar-refractivity contribution in [3.8, 4) is 0 Å². The van der Waals surface area contributed by atoms with Gasteiger partial charge in [0.1, 0.15) is 0 Å². The average Bonchev–Trinajstić information content (AvgIpc) is 2.66. The minimum absolute atomic E-state index is 0.0379. The second-order valence-corrected chi connectivity index (χ2v) is 9.31. The van der Waals surface area contributed by atoms with Gasteiger partial charge in [-0.25, -0.2) is 13.1 Å². The minimum Gasteiger partial charge on any atom is -0.391 e. The third kappa shape index (κ3) is 2.24. The number of thiophene rings is 1. The van der Waals surface area contributed by atoms with Crippen LogP contribution in [0.15, 0.2) is 11.0 Å². The normalized spacial score (nSPS) is 21.6. The van der Waals surface area contributed by atoms with Crippen molar-refractivity contribution in [1.29, 1.82) is 0 Å². The Morgan fingerprint density at radius 1 is 1.32 bits per heavy atom. The number of hydrogen-bond donors (Lipinski definition) is 2. The Hall–Kier alpha value is -0.430. The van der Waals surface area contributed by atoms with Crippen molar-refractivity contribution >= 4 is 21.4 Å². The van der Waals surface area contributed by atoms with Crippen LogP contribution in [0.1, 0.15) is 37.4 Å². The number of aliphatic hydroxyl groups is 1. The van der Waals surface area contributed by atoms with Crippen molar-refractivity contribution in [2.45, 2.75) is 52.2 Å². The topological polar surface area (TPSA) is 66.4 Å². The highest BCUT2D eigenvalue weighted by atomic mass is 32.2. The first kappa shape index (κ1) is 15.0. The van der Waals surface area contributed by atoms with E-state index in [4.69, 9.17) is 5.11 Å². The van der Waals surface area contributed by atoms with Crippen LogP contribution in [0.25, 0.3) is 0 Å². The van der Waals surface area contributed by atoms with E-state index in [1.807, 2.05) is 0 Å². The predicted molar refractivity (Wildman–Crippen MR) is 76.7 cm³/mol. The van der Waals surface area contributed by atoms with Gasteiger partial charge < -0.3 is 5.11 Å². The molecule has 1 heterocycles. The van der Waals surface area contributed by atoms with Crippen LogP contribution >= 0.6 is 11.3 Å². The number of hydrogen-bond acceptors (Lipinski definition) is 4. The summed E-state index contributed by atoms with van der Waals surface area (Å²) in [6.07, 6.45) is 0. The van der Waals surface area contributed by atoms with E-state index in [0.717, 1.165) is 0 Å². The molecule has 0 radical (unpaired) electrons. The Morgan fingerprint density at radius 3 is 2.21 bits per heavy atom. The molecule has 1 fully saturated rings. The molecule has 19 heavy (non-hydrogen) atoms. The van der Waals surface area contributed by atoms with E-state index in [1.165, 1.54) is 11.3 Å². The summed E-state index contributed by atoms with van der Waals surface area (Å²) in [5.74, 6) is 0. The molecule has 0 atom stereocenters. The van der Waals surface area contributed by atoms with E-state index < -0.39 is 10.0 Å². The molecular weight excluding hydrogens is 282 g/mol. The average molecular weight is 303 g/mol. The third-order valence-electron chi connectivity index (χ3n) is 4.66. The molecule has 0 amide bonds. The first-order valence-electron chi connectivity index (χ1n) is 6.26. The first-order chi connectivity index (χ1) is 8.54. The Kier molecular flexibility index (Phi) is 3.37. The van der Waals surface area contributed by atoms with E-state index >= 15 is 0 Å². The highest BCUT2D eigenvalue weighted by Gasteiger charge is 2.66. The summed E-state index contributed by atoms with van der Waals surface area (Å²) in [5, 5.41) is 9.10. The number of aryl methyl sites for hydroxylation is 1. The fourth-order valence-electron chi connectivity index (χ4n) is 2.58. The van der Waals surface area contributed by atoms with Gasteiger partial charge in [-0.1, -0.05) is 27.7 Å². The summed E-state index contributed by atoms with van der Waals surface area (Å²) < 4.78 is 27.6. The molecule has 0 saturated heterocycles. The maximum absolute atomic E-state index is 12.4. The van der Waals surface area contributed by atoms with Crippen LogP contribution in [-0.4, -0.2) is 19.6 Å². The van der Waals surface area contributed by atoms with Gasteiger partial charge in [-0.05, 0) is 23.8 Å². The standard InChI is InChI=1S/C13H21NO3S2/c1-8-10(6-9(7-15)18-8)19(16,17)14-11-12(2,3)13(11,4)5/h6,11,14-15H,7H2,1-5H3. The molecule has 2 N–H and O–H groups in total. The lowest BCUT2D eigenvalue weighted by atomic mass is 10.0. The van der Waals surface area contributed by atoms with E-state index in [1.54, 1.807) is 13.0 Å². The van der Waals surface area contributed by atoms with E-state index in [-0.39, 0.29) is 23.5 Å². The molecule has 0 aliphatic heterocycles. The van der Waals surface area contributed by atoms with Gasteiger partial charge in [-0.3, -0.25) is 0 Å². The predicted octanol–water partition coefficient (Wildman–Crippen LogP) is 2.26. The fraction of sp³-hybridized carbons (Fsp3) is 0.692. The summed E-state index contributed by atoms with van der Waals surface area (Å²) in [4.78, 5) is 1.68. The van der Waals surface area contributed by atoms with Crippen LogP contribution in [0.2, 0.25) is 0 Å². The number of sulfonamides is 1. The Bertz CT molecular complexity index is 585. The molecule has 2 rings (SSSR count). The first-order valence-corrected chi connectivity index (χ1v) is 8.56. The van der Waals surface area contributed by atoms with Crippen molar-refractivity contribution in [1.82, 2.24) is 4.72 Å². The summed E-state index contributed by atoms with van der Waals surface area (Å²) in [5.41, 5.74) is -0.0758. The van der Waals surface area contributed by atoms with Gasteiger partial charge in [0, 0.05) is 15.8 Å². The van der Waals surface area contributed by atoms with Crippen LogP contribution in [0.3, 0.4) is 0 Å². The van der Waals surface area contributed by atoms with Crippen LogP contribution < -0.4 is 4.72 Å². The quantitative estimate of drug-likeness (QED) is 0.896. The van der Waals surface area contributed by atoms with Gasteiger partial charge in [0.15, 0.2) is 0 Å². The fourth-order valence-corrected chi connectivity index (χ4v) is 5.60. The van der Waals surface area contributed by atoms with Crippen LogP contribution in [-0.2, 0) is 16.6 Å². The zero-order valence-corrected chi connectivity index (χ0v) is 13.6. The highest BCUT2D eigenvalue weighted by molar-refractivity contribution is 7.89. The minimum atomic E-state index is -3.51. The van der Waals surface area contributed by atoms with Gasteiger partial charge in [-0.15, -0.1) is 11.3 Å². The summed E-state index contributed by atoms with van der Waals surface area (Å²) in [6, 6.07) is 1.51. The lowest BCUT2D eigenvalue weighted by Gasteiger charge is -2.07. The molecule has 1 aliphatic carbocycles. The molecule has 1 aliphatic rings. The molecule has 0 unspecified atom stereocenters. The molecule has 4 nitrogen and oxygen atoms in total. The monoisotopic (exact) mass is 303 g/mol. The van der Waals surface area contributed by atoms with Crippen LogP contribution in [0.5, 0.6) is 0 Å². The van der Waals surface area contributed by atoms with E-state index in [9.17, 15) is 8.42 Å². The Labute approximate surface area is 118 Å². The lowest BCUT2D eigenvalue weighted by molar-refractivity contribution is 0.285. The van der Waals surface area contributed by atoms with Gasteiger partial charge >= 0.3 is 0 Å². The molecule has 0 bridgehead atoms. The molecule has 1 aromatic heterocycles. The molecule has 1 aromatic rings. The zero-order chi connectivity index (χ0) is 14.6. The second kappa shape index (κ2) is 4.28. The van der Waals surface area contributed by atoms with Crippen molar-refractivity contribution in [2.24, 2.45) is 10.8 Å². The number of nitrogens with one attached hydrogen (secondary N) is 1. The van der Waals surface area contributed by atoms with Gasteiger partial charge in [0.2, 0.25) is 10.0 Å². The maximum atomic E-state index is 12.4.